The van der Waals surface area contributed by atoms with Gasteiger partial charge in [-0.2, -0.15) is 0 Å². The van der Waals surface area contributed by atoms with Crippen molar-refractivity contribution in [3.05, 3.63) is 23.3 Å². The zero-order chi connectivity index (χ0) is 15.5. The highest BCUT2D eigenvalue weighted by Gasteiger charge is 2.13. The third kappa shape index (κ3) is 10.1. The maximum atomic E-state index is 11.4. The summed E-state index contributed by atoms with van der Waals surface area (Å²) in [6.07, 6.45) is 5.71. The monoisotopic (exact) mass is 280 g/mol. The average molecular weight is 280 g/mol. The molecule has 0 saturated heterocycles. The number of ketones is 1. The summed E-state index contributed by atoms with van der Waals surface area (Å²) in [5.41, 5.74) is 7.35. The number of amides is 2. The van der Waals surface area contributed by atoms with Crippen LogP contribution in [0.5, 0.6) is 0 Å². The third-order valence-electron chi connectivity index (χ3n) is 2.66. The Morgan fingerprint density at radius 1 is 1.00 bits per heavy atom. The number of hydrogen-bond acceptors (Lipinski definition) is 3. The fraction of sp³-hybridized carbons (Fsp3) is 0.533. The van der Waals surface area contributed by atoms with Gasteiger partial charge in [-0.25, -0.2) is 0 Å². The SMILES string of the molecule is CC(C)=CCCC(C)=CCNC(=O)C(=O)CCC(N)=O. The lowest BCUT2D eigenvalue weighted by Gasteiger charge is -2.02. The van der Waals surface area contributed by atoms with Gasteiger partial charge in [0.1, 0.15) is 0 Å². The van der Waals surface area contributed by atoms with E-state index in [1.807, 2.05) is 13.0 Å². The molecule has 0 aliphatic heterocycles. The number of carbonyl (C=O) groups excluding carboxylic acids is 3. The summed E-state index contributed by atoms with van der Waals surface area (Å²) in [6, 6.07) is 0. The molecule has 0 aromatic heterocycles. The molecule has 0 heterocycles. The molecule has 5 heteroatoms. The molecular weight excluding hydrogens is 256 g/mol. The quantitative estimate of drug-likeness (QED) is 0.497. The molecule has 0 aliphatic rings. The smallest absolute Gasteiger partial charge is 0.287 e. The standard InChI is InChI=1S/C15H24N2O3/c1-11(2)5-4-6-12(3)9-10-17-15(20)13(18)7-8-14(16)19/h5,9H,4,6-8,10H2,1-3H3,(H2,16,19)(H,17,20). The number of allylic oxidation sites excluding steroid dienone is 3. The van der Waals surface area contributed by atoms with Gasteiger partial charge >= 0.3 is 0 Å². The van der Waals surface area contributed by atoms with Gasteiger partial charge < -0.3 is 11.1 Å². The molecule has 0 aromatic carbocycles. The van der Waals surface area contributed by atoms with E-state index in [0.717, 1.165) is 18.4 Å². The predicted octanol–water partition coefficient (Wildman–Crippen LogP) is 1.63. The number of rotatable bonds is 9. The van der Waals surface area contributed by atoms with E-state index in [0.29, 0.717) is 6.54 Å². The second-order valence-corrected chi connectivity index (χ2v) is 4.97. The molecule has 0 bridgehead atoms. The highest BCUT2D eigenvalue weighted by atomic mass is 16.2. The van der Waals surface area contributed by atoms with Crippen molar-refractivity contribution in [2.75, 3.05) is 6.54 Å². The number of primary amides is 1. The second-order valence-electron chi connectivity index (χ2n) is 4.97. The molecule has 0 spiro atoms. The number of nitrogens with one attached hydrogen (secondary N) is 1. The third-order valence-corrected chi connectivity index (χ3v) is 2.66. The predicted molar refractivity (Wildman–Crippen MR) is 78.9 cm³/mol. The number of Topliss-reactive ketones (excluding diaryl/α,β-unsaturated/α-hetero) is 1. The Balaban J connectivity index is 3.97. The molecule has 0 atom stereocenters. The lowest BCUT2D eigenvalue weighted by Crippen LogP contribution is -2.31. The van der Waals surface area contributed by atoms with E-state index in [1.165, 1.54) is 5.57 Å². The summed E-state index contributed by atoms with van der Waals surface area (Å²) in [4.78, 5) is 33.2. The highest BCUT2D eigenvalue weighted by molar-refractivity contribution is 6.36. The Hall–Kier alpha value is -1.91. The molecule has 0 rings (SSSR count). The van der Waals surface area contributed by atoms with Crippen LogP contribution >= 0.6 is 0 Å². The van der Waals surface area contributed by atoms with Gasteiger partial charge in [0.15, 0.2) is 0 Å². The largest absolute Gasteiger partial charge is 0.370 e. The van der Waals surface area contributed by atoms with E-state index >= 15 is 0 Å². The van der Waals surface area contributed by atoms with Gasteiger partial charge in [0.05, 0.1) is 0 Å². The van der Waals surface area contributed by atoms with Gasteiger partial charge in [-0.15, -0.1) is 0 Å². The van der Waals surface area contributed by atoms with Crippen molar-refractivity contribution in [1.29, 1.82) is 0 Å². The number of nitrogens with two attached hydrogens (primary N) is 1. The van der Waals surface area contributed by atoms with Gasteiger partial charge in [-0.05, 0) is 33.6 Å². The molecule has 5 nitrogen and oxygen atoms in total. The van der Waals surface area contributed by atoms with Crippen LogP contribution in [0.25, 0.3) is 0 Å². The minimum Gasteiger partial charge on any atom is -0.370 e. The topological polar surface area (TPSA) is 89.3 Å². The molecule has 112 valence electrons. The second kappa shape index (κ2) is 9.95. The van der Waals surface area contributed by atoms with Crippen LogP contribution in [0.3, 0.4) is 0 Å². The molecule has 20 heavy (non-hydrogen) atoms. The summed E-state index contributed by atoms with van der Waals surface area (Å²) in [7, 11) is 0. The van der Waals surface area contributed by atoms with E-state index < -0.39 is 17.6 Å². The lowest BCUT2D eigenvalue weighted by molar-refractivity contribution is -0.138. The van der Waals surface area contributed by atoms with Gasteiger partial charge in [0.2, 0.25) is 11.7 Å². The first kappa shape index (κ1) is 18.1. The molecule has 2 amide bonds. The molecule has 0 unspecified atom stereocenters. The van der Waals surface area contributed by atoms with Crippen LogP contribution in [0.4, 0.5) is 0 Å². The van der Waals surface area contributed by atoms with Crippen molar-refractivity contribution in [2.24, 2.45) is 5.73 Å². The van der Waals surface area contributed by atoms with Crippen LogP contribution in [-0.4, -0.2) is 24.1 Å². The molecule has 0 radical (unpaired) electrons. The van der Waals surface area contributed by atoms with Crippen LogP contribution in [0.15, 0.2) is 23.3 Å². The number of carbonyl (C=O) groups is 3. The number of hydrogen-bond donors (Lipinski definition) is 2. The van der Waals surface area contributed by atoms with Crippen LogP contribution in [0, 0.1) is 0 Å². The van der Waals surface area contributed by atoms with Gasteiger partial charge in [0.25, 0.3) is 5.91 Å². The van der Waals surface area contributed by atoms with Crippen molar-refractivity contribution >= 4 is 17.6 Å². The van der Waals surface area contributed by atoms with Crippen molar-refractivity contribution in [3.63, 3.8) is 0 Å². The maximum absolute atomic E-state index is 11.4. The summed E-state index contributed by atoms with van der Waals surface area (Å²) < 4.78 is 0. The summed E-state index contributed by atoms with van der Waals surface area (Å²) in [5, 5.41) is 2.50. The fourth-order valence-corrected chi connectivity index (χ4v) is 1.46. The molecule has 0 aromatic rings. The van der Waals surface area contributed by atoms with E-state index in [2.05, 4.69) is 25.2 Å². The summed E-state index contributed by atoms with van der Waals surface area (Å²) >= 11 is 0. The first-order valence-corrected chi connectivity index (χ1v) is 6.71. The normalized spacial score (nSPS) is 10.8. The zero-order valence-electron chi connectivity index (χ0n) is 12.5. The highest BCUT2D eigenvalue weighted by Crippen LogP contribution is 2.05. The molecule has 0 aliphatic carbocycles. The first-order chi connectivity index (χ1) is 9.32. The molecule has 0 fully saturated rings. The first-order valence-electron chi connectivity index (χ1n) is 6.71. The van der Waals surface area contributed by atoms with Crippen molar-refractivity contribution < 1.29 is 14.4 Å². The lowest BCUT2D eigenvalue weighted by atomic mass is 10.1. The van der Waals surface area contributed by atoms with Crippen molar-refractivity contribution in [3.8, 4) is 0 Å². The van der Waals surface area contributed by atoms with Gasteiger partial charge in [0, 0.05) is 19.4 Å². The zero-order valence-corrected chi connectivity index (χ0v) is 12.5. The van der Waals surface area contributed by atoms with Crippen molar-refractivity contribution in [2.45, 2.75) is 46.5 Å². The minimum absolute atomic E-state index is 0.0934. The summed E-state index contributed by atoms with van der Waals surface area (Å²) in [5.74, 6) is -1.86. The molecule has 0 saturated carbocycles. The summed E-state index contributed by atoms with van der Waals surface area (Å²) in [6.45, 7) is 6.41. The van der Waals surface area contributed by atoms with E-state index in [-0.39, 0.29) is 12.8 Å². The van der Waals surface area contributed by atoms with Crippen molar-refractivity contribution in [1.82, 2.24) is 5.32 Å². The van der Waals surface area contributed by atoms with Gasteiger partial charge in [-0.1, -0.05) is 23.3 Å². The van der Waals surface area contributed by atoms with E-state index in [4.69, 9.17) is 5.73 Å². The van der Waals surface area contributed by atoms with Crippen LogP contribution in [-0.2, 0) is 14.4 Å². The fourth-order valence-electron chi connectivity index (χ4n) is 1.46. The minimum atomic E-state index is -0.667. The average Bonchev–Trinajstić information content (AvgIpc) is 2.35. The van der Waals surface area contributed by atoms with Crippen LogP contribution in [0.2, 0.25) is 0 Å². The van der Waals surface area contributed by atoms with Gasteiger partial charge in [-0.3, -0.25) is 14.4 Å². The Labute approximate surface area is 120 Å². The van der Waals surface area contributed by atoms with E-state index in [1.54, 1.807) is 0 Å². The molecule has 3 N–H and O–H groups in total. The maximum Gasteiger partial charge on any atom is 0.287 e. The Bertz CT molecular complexity index is 419. The molecular formula is C15H24N2O3. The van der Waals surface area contributed by atoms with E-state index in [9.17, 15) is 14.4 Å². The Morgan fingerprint density at radius 2 is 1.65 bits per heavy atom. The Morgan fingerprint density at radius 3 is 2.20 bits per heavy atom. The Kier molecular flexibility index (Phi) is 9.00. The van der Waals surface area contributed by atoms with Crippen LogP contribution in [0.1, 0.15) is 46.5 Å². The van der Waals surface area contributed by atoms with Crippen LogP contribution < -0.4 is 11.1 Å².